The predicted molar refractivity (Wildman–Crippen MR) is 113 cm³/mol. The molecule has 0 unspecified atom stereocenters. The number of carbonyl (C=O) groups excluding carboxylic acids is 3. The second kappa shape index (κ2) is 7.32. The zero-order valence-electron chi connectivity index (χ0n) is 16.9. The van der Waals surface area contributed by atoms with Crippen LogP contribution < -0.4 is 10.2 Å². The highest BCUT2D eigenvalue weighted by Crippen LogP contribution is 2.39. The highest BCUT2D eigenvalue weighted by atomic mass is 16.2. The Morgan fingerprint density at radius 3 is 2.52 bits per heavy atom. The quantitative estimate of drug-likeness (QED) is 0.626. The molecule has 148 valence electrons. The molecule has 2 aromatic rings. The van der Waals surface area contributed by atoms with Gasteiger partial charge in [-0.1, -0.05) is 29.8 Å². The number of carbonyl (C=O) groups is 3. The number of amides is 3. The van der Waals surface area contributed by atoms with E-state index in [0.717, 1.165) is 22.4 Å². The maximum atomic E-state index is 12.9. The molecule has 3 amide bonds. The normalized spacial score (nSPS) is 21.1. The molecule has 1 aliphatic heterocycles. The van der Waals surface area contributed by atoms with Crippen LogP contribution in [0, 0.1) is 25.7 Å². The van der Waals surface area contributed by atoms with E-state index in [2.05, 4.69) is 5.32 Å². The number of fused-ring (bicyclic) bond motifs is 1. The average Bonchev–Trinajstić information content (AvgIpc) is 2.95. The van der Waals surface area contributed by atoms with Gasteiger partial charge in [-0.15, -0.1) is 0 Å². The molecular formula is C24H24N2O3. The van der Waals surface area contributed by atoms with Crippen molar-refractivity contribution in [2.45, 2.75) is 33.6 Å². The minimum absolute atomic E-state index is 0.167. The lowest BCUT2D eigenvalue weighted by atomic mass is 9.82. The van der Waals surface area contributed by atoms with Crippen molar-refractivity contribution < 1.29 is 14.4 Å². The molecule has 2 aromatic carbocycles. The van der Waals surface area contributed by atoms with Crippen molar-refractivity contribution in [2.75, 3.05) is 10.2 Å². The van der Waals surface area contributed by atoms with Crippen molar-refractivity contribution in [2.24, 2.45) is 11.8 Å². The van der Waals surface area contributed by atoms with Gasteiger partial charge in [-0.3, -0.25) is 19.3 Å². The maximum Gasteiger partial charge on any atom is 0.255 e. The van der Waals surface area contributed by atoms with Crippen LogP contribution >= 0.6 is 0 Å². The van der Waals surface area contributed by atoms with Crippen molar-refractivity contribution >= 4 is 29.1 Å². The number of benzene rings is 2. The third-order valence-corrected chi connectivity index (χ3v) is 6.04. The third-order valence-electron chi connectivity index (χ3n) is 6.04. The minimum atomic E-state index is -0.293. The van der Waals surface area contributed by atoms with Crippen molar-refractivity contribution in [1.82, 2.24) is 0 Å². The second-order valence-corrected chi connectivity index (χ2v) is 7.97. The summed E-state index contributed by atoms with van der Waals surface area (Å²) in [6, 6.07) is 12.5. The van der Waals surface area contributed by atoms with Gasteiger partial charge >= 0.3 is 0 Å². The van der Waals surface area contributed by atoms with Gasteiger partial charge in [-0.05, 0) is 69.0 Å². The first-order valence-electron chi connectivity index (χ1n) is 9.88. The van der Waals surface area contributed by atoms with E-state index in [-0.39, 0.29) is 29.6 Å². The van der Waals surface area contributed by atoms with Gasteiger partial charge in [0.2, 0.25) is 11.8 Å². The van der Waals surface area contributed by atoms with Gasteiger partial charge in [-0.2, -0.15) is 0 Å². The van der Waals surface area contributed by atoms with Crippen molar-refractivity contribution in [3.8, 4) is 0 Å². The monoisotopic (exact) mass is 388 g/mol. The zero-order chi connectivity index (χ0) is 20.7. The lowest BCUT2D eigenvalue weighted by Gasteiger charge is -2.18. The molecule has 0 aromatic heterocycles. The number of rotatable bonds is 3. The van der Waals surface area contributed by atoms with E-state index in [1.54, 1.807) is 24.3 Å². The van der Waals surface area contributed by atoms with Crippen LogP contribution in [-0.4, -0.2) is 17.7 Å². The average molecular weight is 388 g/mol. The Kier molecular flexibility index (Phi) is 4.82. The van der Waals surface area contributed by atoms with E-state index < -0.39 is 0 Å². The van der Waals surface area contributed by atoms with Gasteiger partial charge < -0.3 is 5.32 Å². The van der Waals surface area contributed by atoms with Crippen molar-refractivity contribution in [1.29, 1.82) is 0 Å². The topological polar surface area (TPSA) is 66.5 Å². The van der Waals surface area contributed by atoms with Gasteiger partial charge in [0.15, 0.2) is 0 Å². The smallest absolute Gasteiger partial charge is 0.255 e. The number of hydrogen-bond acceptors (Lipinski definition) is 3. The van der Waals surface area contributed by atoms with Crippen LogP contribution in [0.15, 0.2) is 54.1 Å². The van der Waals surface area contributed by atoms with Gasteiger partial charge in [0.25, 0.3) is 5.91 Å². The SMILES string of the molecule is CC1=CC[C@@H]2C(=O)N(c3cccc(C(=O)Nc4cccc(C)c4C)c3)C(=O)[C@H]2C1. The summed E-state index contributed by atoms with van der Waals surface area (Å²) in [5.74, 6) is -1.19. The van der Waals surface area contributed by atoms with Crippen LogP contribution in [0.25, 0.3) is 0 Å². The summed E-state index contributed by atoms with van der Waals surface area (Å²) >= 11 is 0. The molecule has 2 aliphatic rings. The van der Waals surface area contributed by atoms with Crippen molar-refractivity contribution in [3.63, 3.8) is 0 Å². The second-order valence-electron chi connectivity index (χ2n) is 7.97. The highest BCUT2D eigenvalue weighted by molar-refractivity contribution is 6.22. The summed E-state index contributed by atoms with van der Waals surface area (Å²) in [6.45, 7) is 5.95. The number of allylic oxidation sites excluding steroid dienone is 2. The molecule has 1 aliphatic carbocycles. The van der Waals surface area contributed by atoms with Crippen LogP contribution in [0.4, 0.5) is 11.4 Å². The van der Waals surface area contributed by atoms with E-state index in [0.29, 0.717) is 24.1 Å². The fourth-order valence-electron chi connectivity index (χ4n) is 4.16. The van der Waals surface area contributed by atoms with Crippen molar-refractivity contribution in [3.05, 3.63) is 70.8 Å². The number of anilines is 2. The minimum Gasteiger partial charge on any atom is -0.322 e. The zero-order valence-corrected chi connectivity index (χ0v) is 16.9. The lowest BCUT2D eigenvalue weighted by Crippen LogP contribution is -2.31. The van der Waals surface area contributed by atoms with Crippen LogP contribution in [-0.2, 0) is 9.59 Å². The molecular weight excluding hydrogens is 364 g/mol. The van der Waals surface area contributed by atoms with Gasteiger partial charge in [-0.25, -0.2) is 0 Å². The van der Waals surface area contributed by atoms with E-state index >= 15 is 0 Å². The molecule has 1 saturated heterocycles. The molecule has 2 atom stereocenters. The fourth-order valence-corrected chi connectivity index (χ4v) is 4.16. The Hall–Kier alpha value is -3.21. The summed E-state index contributed by atoms with van der Waals surface area (Å²) in [7, 11) is 0. The first-order chi connectivity index (χ1) is 13.9. The standard InChI is InChI=1S/C24H24N2O3/c1-14-10-11-19-20(12-14)24(29)26(23(19)28)18-8-5-7-17(13-18)22(27)25-21-9-4-6-15(2)16(21)3/h4-10,13,19-20H,11-12H2,1-3H3,(H,25,27)/t19-,20-/m0/s1. The Balaban J connectivity index is 1.59. The summed E-state index contributed by atoms with van der Waals surface area (Å²) in [6.07, 6.45) is 3.27. The van der Waals surface area contributed by atoms with Gasteiger partial charge in [0.1, 0.15) is 0 Å². The maximum absolute atomic E-state index is 12.9. The molecule has 0 spiro atoms. The molecule has 0 bridgehead atoms. The summed E-state index contributed by atoms with van der Waals surface area (Å²) in [4.78, 5) is 39.9. The molecule has 1 N–H and O–H groups in total. The Morgan fingerprint density at radius 1 is 1.00 bits per heavy atom. The van der Waals surface area contributed by atoms with Crippen LogP contribution in [0.3, 0.4) is 0 Å². The lowest BCUT2D eigenvalue weighted by molar-refractivity contribution is -0.122. The Bertz CT molecular complexity index is 1050. The first-order valence-corrected chi connectivity index (χ1v) is 9.88. The van der Waals surface area contributed by atoms with Crippen LogP contribution in [0.1, 0.15) is 41.3 Å². The first kappa shape index (κ1) is 19.1. The summed E-state index contributed by atoms with van der Waals surface area (Å²) in [5.41, 5.74) is 4.87. The van der Waals surface area contributed by atoms with Gasteiger partial charge in [0, 0.05) is 11.3 Å². The number of nitrogens with zero attached hydrogens (tertiary/aromatic N) is 1. The van der Waals surface area contributed by atoms with E-state index in [1.807, 2.05) is 45.0 Å². The predicted octanol–water partition coefficient (Wildman–Crippen LogP) is 4.40. The van der Waals surface area contributed by atoms with Crippen LogP contribution in [0.2, 0.25) is 0 Å². The van der Waals surface area contributed by atoms with E-state index in [1.165, 1.54) is 4.90 Å². The Morgan fingerprint density at radius 2 is 1.72 bits per heavy atom. The summed E-state index contributed by atoms with van der Waals surface area (Å²) < 4.78 is 0. The molecule has 1 heterocycles. The highest BCUT2D eigenvalue weighted by Gasteiger charge is 2.48. The largest absolute Gasteiger partial charge is 0.322 e. The molecule has 1 fully saturated rings. The van der Waals surface area contributed by atoms with Crippen LogP contribution in [0.5, 0.6) is 0 Å². The van der Waals surface area contributed by atoms with E-state index in [4.69, 9.17) is 0 Å². The third kappa shape index (κ3) is 3.37. The van der Waals surface area contributed by atoms with E-state index in [9.17, 15) is 14.4 Å². The molecule has 5 heteroatoms. The number of aryl methyl sites for hydroxylation is 1. The molecule has 4 rings (SSSR count). The molecule has 29 heavy (non-hydrogen) atoms. The molecule has 5 nitrogen and oxygen atoms in total. The summed E-state index contributed by atoms with van der Waals surface area (Å²) in [5, 5.41) is 2.93. The molecule has 0 radical (unpaired) electrons. The number of nitrogens with one attached hydrogen (secondary N) is 1. The molecule has 0 saturated carbocycles. The van der Waals surface area contributed by atoms with Gasteiger partial charge in [0.05, 0.1) is 17.5 Å². The fraction of sp³-hybridized carbons (Fsp3) is 0.292. The Labute approximate surface area is 170 Å². The number of imide groups is 1. The number of hydrogen-bond donors (Lipinski definition) is 1.